The molecule has 7 nitrogen and oxygen atoms in total. The maximum atomic E-state index is 12.5. The van der Waals surface area contributed by atoms with E-state index in [0.29, 0.717) is 0 Å². The van der Waals surface area contributed by atoms with Crippen LogP contribution in [-0.2, 0) is 10.0 Å². The van der Waals surface area contributed by atoms with Crippen molar-refractivity contribution in [2.45, 2.75) is 23.8 Å². The zero-order chi connectivity index (χ0) is 16.4. The highest BCUT2D eigenvalue weighted by Crippen LogP contribution is 2.41. The van der Waals surface area contributed by atoms with Gasteiger partial charge in [0.25, 0.3) is 5.69 Å². The van der Waals surface area contributed by atoms with Crippen LogP contribution in [-0.4, -0.2) is 18.3 Å². The Labute approximate surface area is 133 Å². The number of nitro benzene ring substituents is 1. The molecule has 1 saturated carbocycles. The van der Waals surface area contributed by atoms with Gasteiger partial charge < -0.3 is 0 Å². The smallest absolute Gasteiger partial charge is 0.264 e. The number of benzene rings is 1. The van der Waals surface area contributed by atoms with Crippen LogP contribution in [0.5, 0.6) is 0 Å². The van der Waals surface area contributed by atoms with E-state index in [1.54, 1.807) is 18.5 Å². The molecule has 0 radical (unpaired) electrons. The molecule has 2 aromatic rings. The van der Waals surface area contributed by atoms with Gasteiger partial charge in [0.2, 0.25) is 10.0 Å². The quantitative estimate of drug-likeness (QED) is 0.646. The van der Waals surface area contributed by atoms with E-state index < -0.39 is 14.9 Å². The lowest BCUT2D eigenvalue weighted by Crippen LogP contribution is -2.30. The van der Waals surface area contributed by atoms with E-state index in [1.807, 2.05) is 6.07 Å². The molecule has 0 spiro atoms. The molecule has 0 bridgehead atoms. The van der Waals surface area contributed by atoms with Crippen LogP contribution in [0.3, 0.4) is 0 Å². The number of hydrogen-bond donors (Lipinski definition) is 1. The molecule has 1 aromatic heterocycles. The van der Waals surface area contributed by atoms with Crippen LogP contribution >= 0.6 is 0 Å². The Hall–Kier alpha value is -2.32. The van der Waals surface area contributed by atoms with E-state index in [0.717, 1.165) is 18.4 Å². The van der Waals surface area contributed by atoms with Crippen LogP contribution in [0.1, 0.15) is 24.4 Å². The minimum absolute atomic E-state index is 0.0117. The van der Waals surface area contributed by atoms with Gasteiger partial charge in [-0.2, -0.15) is 0 Å². The van der Waals surface area contributed by atoms with Crippen LogP contribution in [0.4, 0.5) is 5.69 Å². The van der Waals surface area contributed by atoms with Crippen molar-refractivity contribution in [2.75, 3.05) is 0 Å². The molecule has 120 valence electrons. The van der Waals surface area contributed by atoms with Gasteiger partial charge in [-0.1, -0.05) is 6.07 Å². The van der Waals surface area contributed by atoms with Gasteiger partial charge in [-0.3, -0.25) is 15.1 Å². The third-order valence-electron chi connectivity index (χ3n) is 3.78. The molecule has 0 amide bonds. The third kappa shape index (κ3) is 3.54. The van der Waals surface area contributed by atoms with E-state index in [9.17, 15) is 18.5 Å². The first-order valence-electron chi connectivity index (χ1n) is 7.14. The summed E-state index contributed by atoms with van der Waals surface area (Å²) < 4.78 is 27.8. The Kier molecular flexibility index (Phi) is 4.10. The van der Waals surface area contributed by atoms with Crippen molar-refractivity contribution in [3.63, 3.8) is 0 Å². The van der Waals surface area contributed by atoms with Gasteiger partial charge in [-0.05, 0) is 42.5 Å². The molecule has 1 aliphatic carbocycles. The number of rotatable bonds is 6. The van der Waals surface area contributed by atoms with Crippen LogP contribution in [0.2, 0.25) is 0 Å². The average Bonchev–Trinajstić information content (AvgIpc) is 3.38. The molecular formula is C15H15N3O4S. The van der Waals surface area contributed by atoms with Gasteiger partial charge in [0.05, 0.1) is 15.9 Å². The first-order valence-corrected chi connectivity index (χ1v) is 8.62. The zero-order valence-corrected chi connectivity index (χ0v) is 12.9. The molecule has 0 aliphatic heterocycles. The molecule has 1 heterocycles. The highest BCUT2D eigenvalue weighted by molar-refractivity contribution is 7.89. The summed E-state index contributed by atoms with van der Waals surface area (Å²) in [6.07, 6.45) is 5.21. The lowest BCUT2D eigenvalue weighted by molar-refractivity contribution is -0.384. The van der Waals surface area contributed by atoms with Gasteiger partial charge in [-0.25, -0.2) is 13.1 Å². The summed E-state index contributed by atoms with van der Waals surface area (Å²) in [5.74, 6) is 0.257. The molecule has 23 heavy (non-hydrogen) atoms. The van der Waals surface area contributed by atoms with Crippen molar-refractivity contribution in [1.82, 2.24) is 9.71 Å². The number of sulfonamides is 1. The Morgan fingerprint density at radius 1 is 1.22 bits per heavy atom. The maximum absolute atomic E-state index is 12.5. The molecule has 1 aromatic carbocycles. The molecule has 1 unspecified atom stereocenters. The summed E-state index contributed by atoms with van der Waals surface area (Å²) in [6, 6.07) is 8.14. The lowest BCUT2D eigenvalue weighted by atomic mass is 10.1. The molecular weight excluding hydrogens is 318 g/mol. The molecule has 1 fully saturated rings. The molecule has 3 rings (SSSR count). The number of non-ortho nitro benzene ring substituents is 1. The minimum Gasteiger partial charge on any atom is -0.264 e. The number of pyridine rings is 1. The predicted molar refractivity (Wildman–Crippen MR) is 83.1 cm³/mol. The number of nitrogens with zero attached hydrogens (tertiary/aromatic N) is 2. The largest absolute Gasteiger partial charge is 0.269 e. The SMILES string of the molecule is O=[N+]([O-])c1ccc(S(=O)(=O)NC(c2cccnc2)C2CC2)cc1. The van der Waals surface area contributed by atoms with Crippen molar-refractivity contribution in [1.29, 1.82) is 0 Å². The maximum Gasteiger partial charge on any atom is 0.269 e. The van der Waals surface area contributed by atoms with Crippen molar-refractivity contribution in [3.05, 3.63) is 64.5 Å². The molecule has 1 N–H and O–H groups in total. The van der Waals surface area contributed by atoms with Gasteiger partial charge in [-0.15, -0.1) is 0 Å². The van der Waals surface area contributed by atoms with Crippen LogP contribution in [0.25, 0.3) is 0 Å². The molecule has 1 atom stereocenters. The van der Waals surface area contributed by atoms with Crippen LogP contribution in [0.15, 0.2) is 53.7 Å². The normalized spacial score (nSPS) is 16.0. The lowest BCUT2D eigenvalue weighted by Gasteiger charge is -2.18. The van der Waals surface area contributed by atoms with Crippen molar-refractivity contribution >= 4 is 15.7 Å². The van der Waals surface area contributed by atoms with E-state index in [4.69, 9.17) is 0 Å². The monoisotopic (exact) mass is 333 g/mol. The Morgan fingerprint density at radius 2 is 1.91 bits per heavy atom. The second-order valence-corrected chi connectivity index (χ2v) is 7.19. The Bertz CT molecular complexity index is 802. The second-order valence-electron chi connectivity index (χ2n) is 5.47. The van der Waals surface area contributed by atoms with Crippen molar-refractivity contribution in [3.8, 4) is 0 Å². The Balaban J connectivity index is 1.85. The topological polar surface area (TPSA) is 102 Å². The van der Waals surface area contributed by atoms with E-state index in [-0.39, 0.29) is 22.5 Å². The average molecular weight is 333 g/mol. The number of aromatic nitrogens is 1. The number of hydrogen-bond acceptors (Lipinski definition) is 5. The first-order chi connectivity index (χ1) is 11.0. The molecule has 0 saturated heterocycles. The fourth-order valence-electron chi connectivity index (χ4n) is 2.41. The summed E-state index contributed by atoms with van der Waals surface area (Å²) in [4.78, 5) is 14.1. The summed E-state index contributed by atoms with van der Waals surface area (Å²) in [7, 11) is -3.76. The number of nitro groups is 1. The summed E-state index contributed by atoms with van der Waals surface area (Å²) in [5, 5.41) is 10.7. The minimum atomic E-state index is -3.76. The summed E-state index contributed by atoms with van der Waals surface area (Å²) >= 11 is 0. The fourth-order valence-corrected chi connectivity index (χ4v) is 3.70. The van der Waals surface area contributed by atoms with E-state index >= 15 is 0 Å². The van der Waals surface area contributed by atoms with E-state index in [1.165, 1.54) is 24.3 Å². The van der Waals surface area contributed by atoms with Crippen LogP contribution in [0, 0.1) is 16.0 Å². The standard InChI is InChI=1S/C15H15N3O4S/c19-18(20)13-5-7-14(8-6-13)23(21,22)17-15(11-3-4-11)12-2-1-9-16-10-12/h1-2,5-11,15,17H,3-4H2. The highest BCUT2D eigenvalue weighted by Gasteiger charge is 2.35. The van der Waals surface area contributed by atoms with Gasteiger partial charge in [0.15, 0.2) is 0 Å². The highest BCUT2D eigenvalue weighted by atomic mass is 32.2. The van der Waals surface area contributed by atoms with Gasteiger partial charge in [0.1, 0.15) is 0 Å². The van der Waals surface area contributed by atoms with Crippen molar-refractivity contribution in [2.24, 2.45) is 5.92 Å². The van der Waals surface area contributed by atoms with Gasteiger partial charge >= 0.3 is 0 Å². The van der Waals surface area contributed by atoms with Crippen LogP contribution < -0.4 is 4.72 Å². The predicted octanol–water partition coefficient (Wildman–Crippen LogP) is 2.42. The van der Waals surface area contributed by atoms with Crippen molar-refractivity contribution < 1.29 is 13.3 Å². The number of nitrogens with one attached hydrogen (secondary N) is 1. The van der Waals surface area contributed by atoms with Gasteiger partial charge in [0, 0.05) is 24.5 Å². The van der Waals surface area contributed by atoms with E-state index in [2.05, 4.69) is 9.71 Å². The summed E-state index contributed by atoms with van der Waals surface area (Å²) in [6.45, 7) is 0. The second kappa shape index (κ2) is 6.05. The Morgan fingerprint density at radius 3 is 2.43 bits per heavy atom. The molecule has 8 heteroatoms. The molecule has 1 aliphatic rings. The summed E-state index contributed by atoms with van der Waals surface area (Å²) in [5.41, 5.74) is 0.676. The first kappa shape index (κ1) is 15.6. The third-order valence-corrected chi connectivity index (χ3v) is 5.23. The fraction of sp³-hybridized carbons (Fsp3) is 0.267. The zero-order valence-electron chi connectivity index (χ0n) is 12.1.